The largest absolute Gasteiger partial charge is 0.492 e. The molecule has 1 heterocycles. The molecule has 1 amide bonds. The van der Waals surface area contributed by atoms with E-state index in [4.69, 9.17) is 27.9 Å². The molecule has 0 aliphatic carbocycles. The average Bonchev–Trinajstić information content (AvgIpc) is 2.89. The Hall–Kier alpha value is -1.86. The maximum absolute atomic E-state index is 11.5. The van der Waals surface area contributed by atoms with E-state index in [0.717, 1.165) is 0 Å². The zero-order valence-corrected chi connectivity index (χ0v) is 11.8. The van der Waals surface area contributed by atoms with Gasteiger partial charge in [0.25, 0.3) is 5.95 Å². The van der Waals surface area contributed by atoms with Gasteiger partial charge in [0.2, 0.25) is 5.91 Å². The minimum absolute atomic E-state index is 0.150. The van der Waals surface area contributed by atoms with Crippen molar-refractivity contribution in [1.82, 2.24) is 20.6 Å². The number of tetrazole rings is 1. The Morgan fingerprint density at radius 3 is 2.95 bits per heavy atom. The summed E-state index contributed by atoms with van der Waals surface area (Å²) in [6.45, 7) is 0.362. The lowest BCUT2D eigenvalue weighted by molar-refractivity contribution is -0.116. The highest BCUT2D eigenvalue weighted by molar-refractivity contribution is 6.35. The van der Waals surface area contributed by atoms with Crippen LogP contribution >= 0.6 is 23.2 Å². The second kappa shape index (κ2) is 7.06. The van der Waals surface area contributed by atoms with E-state index in [1.807, 2.05) is 0 Å². The molecule has 2 N–H and O–H groups in total. The van der Waals surface area contributed by atoms with Gasteiger partial charge in [-0.1, -0.05) is 28.3 Å². The van der Waals surface area contributed by atoms with Gasteiger partial charge < -0.3 is 4.74 Å². The number of H-pyrrole nitrogens is 1. The van der Waals surface area contributed by atoms with E-state index in [2.05, 4.69) is 25.9 Å². The molecule has 1 aromatic carbocycles. The molecule has 0 atom stereocenters. The molecule has 0 fully saturated rings. The Labute approximate surface area is 124 Å². The second-order valence-corrected chi connectivity index (χ2v) is 4.65. The van der Waals surface area contributed by atoms with Gasteiger partial charge in [-0.3, -0.25) is 10.1 Å². The highest BCUT2D eigenvalue weighted by Gasteiger charge is 2.06. The summed E-state index contributed by atoms with van der Waals surface area (Å²) in [6, 6.07) is 4.97. The molecule has 0 saturated heterocycles. The van der Waals surface area contributed by atoms with Gasteiger partial charge in [0.05, 0.1) is 11.6 Å². The summed E-state index contributed by atoms with van der Waals surface area (Å²) < 4.78 is 5.46. The van der Waals surface area contributed by atoms with Crippen molar-refractivity contribution in [2.24, 2.45) is 0 Å². The fourth-order valence-electron chi connectivity index (χ4n) is 1.41. The standard InChI is InChI=1S/C11H11Cl2N5O2/c12-7-3-4-9(8(13)6-7)20-5-1-2-10(19)14-11-15-17-18-16-11/h3-4,6H,1-2,5H2,(H2,14,15,16,17,18,19). The van der Waals surface area contributed by atoms with Crippen LogP contribution in [0.5, 0.6) is 5.75 Å². The van der Waals surface area contributed by atoms with Crippen molar-refractivity contribution in [2.45, 2.75) is 12.8 Å². The van der Waals surface area contributed by atoms with Gasteiger partial charge in [0.15, 0.2) is 0 Å². The number of halogens is 2. The molecule has 0 radical (unpaired) electrons. The lowest BCUT2D eigenvalue weighted by Crippen LogP contribution is -2.13. The number of aromatic nitrogens is 4. The number of anilines is 1. The highest BCUT2D eigenvalue weighted by Crippen LogP contribution is 2.27. The van der Waals surface area contributed by atoms with Crippen LogP contribution in [0.25, 0.3) is 0 Å². The third kappa shape index (κ3) is 4.36. The van der Waals surface area contributed by atoms with Crippen LogP contribution in [-0.4, -0.2) is 33.1 Å². The van der Waals surface area contributed by atoms with E-state index < -0.39 is 0 Å². The van der Waals surface area contributed by atoms with Crippen LogP contribution in [0.2, 0.25) is 10.0 Å². The van der Waals surface area contributed by atoms with E-state index >= 15 is 0 Å². The maximum atomic E-state index is 11.5. The summed E-state index contributed by atoms with van der Waals surface area (Å²) in [5, 5.41) is 16.3. The van der Waals surface area contributed by atoms with Crippen LogP contribution in [-0.2, 0) is 4.79 Å². The number of ether oxygens (including phenoxy) is 1. The number of hydrogen-bond donors (Lipinski definition) is 2. The van der Waals surface area contributed by atoms with Crippen LogP contribution in [0.3, 0.4) is 0 Å². The van der Waals surface area contributed by atoms with Crippen molar-refractivity contribution in [3.05, 3.63) is 28.2 Å². The number of nitrogens with one attached hydrogen (secondary N) is 2. The molecule has 0 spiro atoms. The fourth-order valence-corrected chi connectivity index (χ4v) is 1.87. The summed E-state index contributed by atoms with van der Waals surface area (Å²) in [5.41, 5.74) is 0. The molecule has 7 nitrogen and oxygen atoms in total. The van der Waals surface area contributed by atoms with E-state index in [9.17, 15) is 4.79 Å². The maximum Gasteiger partial charge on any atom is 0.269 e. The first-order valence-corrected chi connectivity index (χ1v) is 6.52. The monoisotopic (exact) mass is 315 g/mol. The number of carbonyl (C=O) groups is 1. The number of benzene rings is 1. The van der Waals surface area contributed by atoms with E-state index in [1.54, 1.807) is 18.2 Å². The smallest absolute Gasteiger partial charge is 0.269 e. The van der Waals surface area contributed by atoms with E-state index in [0.29, 0.717) is 28.8 Å². The topological polar surface area (TPSA) is 92.8 Å². The first kappa shape index (κ1) is 14.5. The Kier molecular flexibility index (Phi) is 5.14. The molecule has 9 heteroatoms. The van der Waals surface area contributed by atoms with Crippen LogP contribution in [0.1, 0.15) is 12.8 Å². The molecular formula is C11H11Cl2N5O2. The SMILES string of the molecule is O=C(CCCOc1ccc(Cl)cc1Cl)Nc1nn[nH]n1. The second-order valence-electron chi connectivity index (χ2n) is 3.81. The highest BCUT2D eigenvalue weighted by atomic mass is 35.5. The first-order valence-electron chi connectivity index (χ1n) is 5.76. The zero-order valence-electron chi connectivity index (χ0n) is 10.3. The summed E-state index contributed by atoms with van der Waals surface area (Å²) in [4.78, 5) is 11.5. The number of amides is 1. The van der Waals surface area contributed by atoms with Gasteiger partial charge >= 0.3 is 0 Å². The Morgan fingerprint density at radius 1 is 1.40 bits per heavy atom. The molecular weight excluding hydrogens is 305 g/mol. The number of aromatic amines is 1. The van der Waals surface area contributed by atoms with Crippen molar-refractivity contribution in [3.8, 4) is 5.75 Å². The van der Waals surface area contributed by atoms with Gasteiger partial charge in [-0.25, -0.2) is 0 Å². The molecule has 20 heavy (non-hydrogen) atoms. The predicted octanol–water partition coefficient (Wildman–Crippen LogP) is 2.30. The van der Waals surface area contributed by atoms with E-state index in [-0.39, 0.29) is 18.3 Å². The van der Waals surface area contributed by atoms with Crippen molar-refractivity contribution >= 4 is 35.1 Å². The van der Waals surface area contributed by atoms with Crippen LogP contribution in [0.15, 0.2) is 18.2 Å². The summed E-state index contributed by atoms with van der Waals surface area (Å²) in [6.07, 6.45) is 0.808. The lowest BCUT2D eigenvalue weighted by Gasteiger charge is -2.07. The molecule has 2 aromatic rings. The minimum atomic E-state index is -0.211. The molecule has 0 unspecified atom stereocenters. The van der Waals surface area contributed by atoms with Crippen molar-refractivity contribution in [3.63, 3.8) is 0 Å². The van der Waals surface area contributed by atoms with Gasteiger partial charge in [-0.2, -0.15) is 5.21 Å². The van der Waals surface area contributed by atoms with Gasteiger partial charge in [-0.05, 0) is 29.8 Å². The summed E-state index contributed by atoms with van der Waals surface area (Å²) in [7, 11) is 0. The van der Waals surface area contributed by atoms with E-state index in [1.165, 1.54) is 0 Å². The first-order chi connectivity index (χ1) is 9.65. The van der Waals surface area contributed by atoms with Gasteiger partial charge in [-0.15, -0.1) is 5.10 Å². The molecule has 2 rings (SSSR count). The Balaban J connectivity index is 1.69. The number of rotatable bonds is 6. The number of carbonyl (C=O) groups excluding carboxylic acids is 1. The molecule has 0 saturated carbocycles. The van der Waals surface area contributed by atoms with Crippen LogP contribution in [0, 0.1) is 0 Å². The quantitative estimate of drug-likeness (QED) is 0.798. The normalized spacial score (nSPS) is 10.3. The van der Waals surface area contributed by atoms with Crippen molar-refractivity contribution < 1.29 is 9.53 Å². The number of hydrogen-bond acceptors (Lipinski definition) is 5. The molecule has 0 bridgehead atoms. The number of nitrogens with zero attached hydrogens (tertiary/aromatic N) is 3. The predicted molar refractivity (Wildman–Crippen MR) is 74.0 cm³/mol. The van der Waals surface area contributed by atoms with Crippen LogP contribution < -0.4 is 10.1 Å². The van der Waals surface area contributed by atoms with Gasteiger partial charge in [0, 0.05) is 11.4 Å². The summed E-state index contributed by atoms with van der Waals surface area (Å²) >= 11 is 11.7. The molecule has 1 aromatic heterocycles. The summed E-state index contributed by atoms with van der Waals surface area (Å²) in [5.74, 6) is 0.475. The van der Waals surface area contributed by atoms with Gasteiger partial charge in [0.1, 0.15) is 5.75 Å². The van der Waals surface area contributed by atoms with Crippen molar-refractivity contribution in [1.29, 1.82) is 0 Å². The molecule has 106 valence electrons. The fraction of sp³-hybridized carbons (Fsp3) is 0.273. The average molecular weight is 316 g/mol. The Bertz CT molecular complexity index is 576. The lowest BCUT2D eigenvalue weighted by atomic mass is 10.3. The third-order valence-corrected chi connectivity index (χ3v) is 2.83. The molecule has 0 aliphatic heterocycles. The third-order valence-electron chi connectivity index (χ3n) is 2.30. The van der Waals surface area contributed by atoms with Crippen LogP contribution in [0.4, 0.5) is 5.95 Å². The van der Waals surface area contributed by atoms with Crippen molar-refractivity contribution in [2.75, 3.05) is 11.9 Å². The zero-order chi connectivity index (χ0) is 14.4. The minimum Gasteiger partial charge on any atom is -0.492 e. The molecule has 0 aliphatic rings. The Morgan fingerprint density at radius 2 is 2.25 bits per heavy atom.